The summed E-state index contributed by atoms with van der Waals surface area (Å²) in [5.41, 5.74) is 5.36. The van der Waals surface area contributed by atoms with Gasteiger partial charge in [-0.3, -0.25) is 18.6 Å². The summed E-state index contributed by atoms with van der Waals surface area (Å²) < 4.78 is 32.9. The number of esters is 2. The van der Waals surface area contributed by atoms with Gasteiger partial charge in [-0.25, -0.2) is 4.57 Å². The molecule has 0 saturated carbocycles. The van der Waals surface area contributed by atoms with E-state index >= 15 is 0 Å². The monoisotopic (exact) mass is 880 g/mol. The number of allylic oxidation sites excluding steroid dienone is 8. The molecule has 0 bridgehead atoms. The number of ether oxygens (including phenoxy) is 2. The van der Waals surface area contributed by atoms with Gasteiger partial charge in [0.15, 0.2) is 6.10 Å². The highest BCUT2D eigenvalue weighted by atomic mass is 31.2. The van der Waals surface area contributed by atoms with Crippen molar-refractivity contribution in [2.75, 3.05) is 26.4 Å². The lowest BCUT2D eigenvalue weighted by molar-refractivity contribution is -0.161. The molecule has 2 atom stereocenters. The van der Waals surface area contributed by atoms with Crippen LogP contribution in [-0.2, 0) is 32.7 Å². The van der Waals surface area contributed by atoms with E-state index in [0.717, 1.165) is 70.6 Å². The molecule has 0 aromatic carbocycles. The van der Waals surface area contributed by atoms with Gasteiger partial charge in [0.2, 0.25) is 0 Å². The number of phosphoric ester groups is 1. The van der Waals surface area contributed by atoms with Crippen LogP contribution in [0.2, 0.25) is 0 Å². The summed E-state index contributed by atoms with van der Waals surface area (Å²) in [5, 5.41) is 0. The maximum absolute atomic E-state index is 12.6. The molecule has 356 valence electrons. The van der Waals surface area contributed by atoms with Crippen molar-refractivity contribution < 1.29 is 37.6 Å². The largest absolute Gasteiger partial charge is 0.472 e. The number of nitrogens with two attached hydrogens (primary N) is 1. The van der Waals surface area contributed by atoms with Crippen LogP contribution in [0, 0.1) is 0 Å². The number of phosphoric acid groups is 1. The van der Waals surface area contributed by atoms with Crippen molar-refractivity contribution >= 4 is 19.8 Å². The van der Waals surface area contributed by atoms with Crippen LogP contribution in [0.3, 0.4) is 0 Å². The third-order valence-electron chi connectivity index (χ3n) is 10.7. The van der Waals surface area contributed by atoms with E-state index in [9.17, 15) is 19.0 Å². The normalized spacial score (nSPS) is 13.6. The highest BCUT2D eigenvalue weighted by molar-refractivity contribution is 7.47. The van der Waals surface area contributed by atoms with Crippen molar-refractivity contribution in [3.63, 3.8) is 0 Å². The summed E-state index contributed by atoms with van der Waals surface area (Å²) in [6, 6.07) is 0. The molecule has 0 aromatic rings. The Balaban J connectivity index is 4.09. The average molecular weight is 880 g/mol. The van der Waals surface area contributed by atoms with E-state index in [4.69, 9.17) is 24.3 Å². The van der Waals surface area contributed by atoms with Crippen LogP contribution in [-0.4, -0.2) is 49.3 Å². The molecule has 0 aliphatic carbocycles. The van der Waals surface area contributed by atoms with Crippen LogP contribution in [0.15, 0.2) is 48.6 Å². The summed E-state index contributed by atoms with van der Waals surface area (Å²) in [4.78, 5) is 35.0. The molecule has 9 nitrogen and oxygen atoms in total. The van der Waals surface area contributed by atoms with Gasteiger partial charge in [0, 0.05) is 19.4 Å². The first-order valence-corrected chi connectivity index (χ1v) is 26.6. The molecular weight excluding hydrogens is 786 g/mol. The van der Waals surface area contributed by atoms with E-state index in [-0.39, 0.29) is 38.6 Å². The number of unbranched alkanes of at least 4 members (excludes halogenated alkanes) is 26. The Morgan fingerprint density at radius 1 is 0.492 bits per heavy atom. The SMILES string of the molecule is CCCCCCC/C=C\C/C=C\C/C=C\CCCCCCCCCCC(=O)OC(COC(=O)CCCCCCCCC/C=C\CCCCCCCC)COP(=O)(O)OCCN. The van der Waals surface area contributed by atoms with E-state index in [1.54, 1.807) is 0 Å². The van der Waals surface area contributed by atoms with Crippen molar-refractivity contribution in [1.29, 1.82) is 0 Å². The Kier molecular flexibility index (Phi) is 45.9. The predicted octanol–water partition coefficient (Wildman–Crippen LogP) is 15.1. The Morgan fingerprint density at radius 2 is 0.852 bits per heavy atom. The van der Waals surface area contributed by atoms with E-state index in [2.05, 4.69) is 62.5 Å². The highest BCUT2D eigenvalue weighted by Gasteiger charge is 2.26. The minimum atomic E-state index is -4.39. The van der Waals surface area contributed by atoms with Gasteiger partial charge in [0.25, 0.3) is 0 Å². The van der Waals surface area contributed by atoms with Gasteiger partial charge in [-0.15, -0.1) is 0 Å². The average Bonchev–Trinajstić information content (AvgIpc) is 3.25. The lowest BCUT2D eigenvalue weighted by atomic mass is 10.1. The standard InChI is InChI=1S/C51H94NO8P/c1-3-5-7-9-11-13-15-17-19-21-22-23-24-25-26-28-30-32-34-36-38-40-42-44-51(54)60-49(48-59-61(55,56)58-46-45-52)47-57-50(53)43-41-39-37-35-33-31-29-27-20-18-16-14-12-10-8-6-4-2/h15,17-18,20-22,24-25,49H,3-14,16,19,23,26-48,52H2,1-2H3,(H,55,56)/b17-15-,20-18-,22-21-,25-24-. The molecule has 0 aromatic heterocycles. The first-order chi connectivity index (χ1) is 29.8. The second-order valence-corrected chi connectivity index (χ2v) is 18.1. The summed E-state index contributed by atoms with van der Waals surface area (Å²) in [7, 11) is -4.39. The molecule has 10 heteroatoms. The minimum Gasteiger partial charge on any atom is -0.462 e. The molecule has 3 N–H and O–H groups in total. The van der Waals surface area contributed by atoms with Crippen LogP contribution in [0.1, 0.15) is 232 Å². The number of hydrogen-bond donors (Lipinski definition) is 2. The lowest BCUT2D eigenvalue weighted by Gasteiger charge is -2.19. The molecular formula is C51H94NO8P. The second kappa shape index (κ2) is 47.4. The third-order valence-corrected chi connectivity index (χ3v) is 11.7. The van der Waals surface area contributed by atoms with Gasteiger partial charge in [0.05, 0.1) is 13.2 Å². The Bertz CT molecular complexity index is 1140. The van der Waals surface area contributed by atoms with Crippen LogP contribution in [0.25, 0.3) is 0 Å². The fourth-order valence-electron chi connectivity index (χ4n) is 6.93. The lowest BCUT2D eigenvalue weighted by Crippen LogP contribution is -2.29. The Hall–Kier alpha value is -2.03. The van der Waals surface area contributed by atoms with Crippen molar-refractivity contribution in [3.8, 4) is 0 Å². The topological polar surface area (TPSA) is 134 Å². The minimum absolute atomic E-state index is 0.0504. The smallest absolute Gasteiger partial charge is 0.462 e. The maximum atomic E-state index is 12.6. The van der Waals surface area contributed by atoms with Crippen LogP contribution >= 0.6 is 7.82 Å². The first-order valence-electron chi connectivity index (χ1n) is 25.1. The number of rotatable bonds is 47. The molecule has 0 amide bonds. The molecule has 0 radical (unpaired) electrons. The van der Waals surface area contributed by atoms with Crippen molar-refractivity contribution in [2.45, 2.75) is 238 Å². The summed E-state index contributed by atoms with van der Waals surface area (Å²) in [6.07, 6.45) is 55.7. The molecule has 0 aliphatic rings. The molecule has 2 unspecified atom stereocenters. The van der Waals surface area contributed by atoms with Gasteiger partial charge >= 0.3 is 19.8 Å². The maximum Gasteiger partial charge on any atom is 0.472 e. The summed E-state index contributed by atoms with van der Waals surface area (Å²) >= 11 is 0. The Morgan fingerprint density at radius 3 is 1.28 bits per heavy atom. The van der Waals surface area contributed by atoms with Gasteiger partial charge in [-0.05, 0) is 77.0 Å². The second-order valence-electron chi connectivity index (χ2n) is 16.7. The molecule has 0 spiro atoms. The van der Waals surface area contributed by atoms with Crippen molar-refractivity contribution in [2.24, 2.45) is 5.73 Å². The van der Waals surface area contributed by atoms with E-state index < -0.39 is 26.5 Å². The fourth-order valence-corrected chi connectivity index (χ4v) is 7.70. The summed E-state index contributed by atoms with van der Waals surface area (Å²) in [6.45, 7) is 3.72. The predicted molar refractivity (Wildman–Crippen MR) is 257 cm³/mol. The number of hydrogen-bond acceptors (Lipinski definition) is 8. The van der Waals surface area contributed by atoms with Crippen molar-refractivity contribution in [3.05, 3.63) is 48.6 Å². The number of carbonyl (C=O) groups is 2. The molecule has 0 fully saturated rings. The first kappa shape index (κ1) is 59.0. The van der Waals surface area contributed by atoms with Gasteiger partial charge < -0.3 is 20.1 Å². The Labute approximate surface area is 375 Å². The van der Waals surface area contributed by atoms with Crippen LogP contribution < -0.4 is 5.73 Å². The molecule has 0 heterocycles. The van der Waals surface area contributed by atoms with Crippen LogP contribution in [0.4, 0.5) is 0 Å². The molecule has 0 rings (SSSR count). The summed E-state index contributed by atoms with van der Waals surface area (Å²) in [5.74, 6) is -0.838. The van der Waals surface area contributed by atoms with Gasteiger partial charge in [0.1, 0.15) is 6.61 Å². The van der Waals surface area contributed by atoms with E-state index in [1.165, 1.54) is 128 Å². The third kappa shape index (κ3) is 47.3. The van der Waals surface area contributed by atoms with Crippen LogP contribution in [0.5, 0.6) is 0 Å². The zero-order valence-electron chi connectivity index (χ0n) is 39.4. The molecule has 0 saturated heterocycles. The van der Waals surface area contributed by atoms with E-state index in [0.29, 0.717) is 6.42 Å². The quantitative estimate of drug-likeness (QED) is 0.0265. The van der Waals surface area contributed by atoms with Gasteiger partial charge in [-0.1, -0.05) is 191 Å². The van der Waals surface area contributed by atoms with E-state index in [1.807, 2.05) is 0 Å². The highest BCUT2D eigenvalue weighted by Crippen LogP contribution is 2.43. The zero-order valence-corrected chi connectivity index (χ0v) is 40.3. The van der Waals surface area contributed by atoms with Crippen molar-refractivity contribution in [1.82, 2.24) is 0 Å². The molecule has 0 aliphatic heterocycles. The molecule has 61 heavy (non-hydrogen) atoms. The fraction of sp³-hybridized carbons (Fsp3) is 0.804. The number of carbonyl (C=O) groups excluding carboxylic acids is 2. The van der Waals surface area contributed by atoms with Gasteiger partial charge in [-0.2, -0.15) is 0 Å². The zero-order chi connectivity index (χ0) is 44.6.